The maximum absolute atomic E-state index is 12.5. The van der Waals surface area contributed by atoms with Crippen LogP contribution in [0.2, 0.25) is 0 Å². The van der Waals surface area contributed by atoms with Gasteiger partial charge in [0.15, 0.2) is 12.0 Å². The Labute approximate surface area is 160 Å². The molecule has 9 nitrogen and oxygen atoms in total. The monoisotopic (exact) mass is 390 g/mol. The van der Waals surface area contributed by atoms with Gasteiger partial charge in [-0.25, -0.2) is 4.79 Å². The first-order chi connectivity index (χ1) is 13.3. The molecule has 0 amide bonds. The van der Waals surface area contributed by atoms with Gasteiger partial charge in [0.2, 0.25) is 0 Å². The quantitative estimate of drug-likeness (QED) is 0.673. The van der Waals surface area contributed by atoms with Crippen LogP contribution in [-0.4, -0.2) is 50.5 Å². The van der Waals surface area contributed by atoms with Crippen molar-refractivity contribution in [3.63, 3.8) is 0 Å². The molecule has 150 valence electrons. The molecule has 0 bridgehead atoms. The van der Waals surface area contributed by atoms with Crippen LogP contribution in [0.3, 0.4) is 0 Å². The zero-order valence-corrected chi connectivity index (χ0v) is 15.4. The highest BCUT2D eigenvalue weighted by atomic mass is 16.8. The van der Waals surface area contributed by atoms with Gasteiger partial charge in [0.25, 0.3) is 5.56 Å². The van der Waals surface area contributed by atoms with E-state index in [9.17, 15) is 19.8 Å². The van der Waals surface area contributed by atoms with Gasteiger partial charge in [-0.2, -0.15) is 0 Å². The average Bonchev–Trinajstić information content (AvgIpc) is 3.15. The number of benzene rings is 1. The molecule has 0 saturated carbocycles. The summed E-state index contributed by atoms with van der Waals surface area (Å²) in [6.07, 6.45) is -2.77. The van der Waals surface area contributed by atoms with E-state index < -0.39 is 47.7 Å². The number of aliphatic hydroxyl groups is 2. The topological polar surface area (TPSA) is 123 Å². The minimum Gasteiger partial charge on any atom is -0.394 e. The lowest BCUT2D eigenvalue weighted by atomic mass is 10.0. The number of aromatic amines is 1. The normalized spacial score (nSPS) is 29.6. The standard InChI is InChI=1S/C19H22N2O7/c1-19(2)27-14-12(9-22)26-17(15(14)28-19)21-8-11(16(24)20-18(21)25)13(23)10-6-4-3-5-7-10/h3-8,12-15,17,22-23H,9H2,1-2H3,(H,20,24,25)/t12-,13?,14-,15-,17-/m1/s1. The molecule has 0 aliphatic carbocycles. The summed E-state index contributed by atoms with van der Waals surface area (Å²) in [4.78, 5) is 27.0. The third-order valence-electron chi connectivity index (χ3n) is 4.98. The third-order valence-corrected chi connectivity index (χ3v) is 4.98. The lowest BCUT2D eigenvalue weighted by Gasteiger charge is -2.24. The second-order valence-corrected chi connectivity index (χ2v) is 7.38. The minimum absolute atomic E-state index is 0.00317. The molecule has 0 radical (unpaired) electrons. The van der Waals surface area contributed by atoms with Crippen molar-refractivity contribution in [1.29, 1.82) is 0 Å². The summed E-state index contributed by atoms with van der Waals surface area (Å²) >= 11 is 0. The molecule has 2 saturated heterocycles. The fraction of sp³-hybridized carbons (Fsp3) is 0.474. The summed E-state index contributed by atoms with van der Waals surface area (Å²) < 4.78 is 18.6. The van der Waals surface area contributed by atoms with Crippen molar-refractivity contribution in [2.24, 2.45) is 0 Å². The van der Waals surface area contributed by atoms with E-state index in [0.29, 0.717) is 5.56 Å². The molecule has 0 spiro atoms. The second-order valence-electron chi connectivity index (χ2n) is 7.38. The third kappa shape index (κ3) is 3.21. The Morgan fingerprint density at radius 1 is 1.18 bits per heavy atom. The van der Waals surface area contributed by atoms with Gasteiger partial charge < -0.3 is 24.4 Å². The predicted molar refractivity (Wildman–Crippen MR) is 96.6 cm³/mol. The zero-order chi connectivity index (χ0) is 20.1. The van der Waals surface area contributed by atoms with Crippen LogP contribution in [0.5, 0.6) is 0 Å². The SMILES string of the molecule is CC1(C)O[C@@H]2[C@H](O1)[C@@H](CO)O[C@H]2n1cc(C(O)c2ccccc2)c(=O)[nH]c1=O. The van der Waals surface area contributed by atoms with E-state index in [1.165, 1.54) is 10.8 Å². The molecule has 28 heavy (non-hydrogen) atoms. The van der Waals surface area contributed by atoms with Gasteiger partial charge in [0.05, 0.1) is 12.2 Å². The first kappa shape index (κ1) is 19.0. The van der Waals surface area contributed by atoms with Crippen LogP contribution in [0.25, 0.3) is 0 Å². The number of nitrogens with one attached hydrogen (secondary N) is 1. The fourth-order valence-corrected chi connectivity index (χ4v) is 3.73. The van der Waals surface area contributed by atoms with E-state index in [0.717, 1.165) is 0 Å². The maximum atomic E-state index is 12.5. The number of hydrogen-bond acceptors (Lipinski definition) is 7. The first-order valence-electron chi connectivity index (χ1n) is 9.01. The molecule has 9 heteroatoms. The Bertz CT molecular complexity index is 968. The van der Waals surface area contributed by atoms with E-state index in [1.807, 2.05) is 0 Å². The number of H-pyrrole nitrogens is 1. The second kappa shape index (κ2) is 6.94. The van der Waals surface area contributed by atoms with Crippen LogP contribution in [0.1, 0.15) is 37.3 Å². The maximum Gasteiger partial charge on any atom is 0.330 e. The number of hydrogen-bond donors (Lipinski definition) is 3. The zero-order valence-electron chi connectivity index (χ0n) is 15.4. The average molecular weight is 390 g/mol. The fourth-order valence-electron chi connectivity index (χ4n) is 3.73. The van der Waals surface area contributed by atoms with Gasteiger partial charge >= 0.3 is 5.69 Å². The first-order valence-corrected chi connectivity index (χ1v) is 9.01. The number of aliphatic hydroxyl groups excluding tert-OH is 2. The summed E-state index contributed by atoms with van der Waals surface area (Å²) in [5.41, 5.74) is -0.880. The molecule has 1 unspecified atom stereocenters. The molecule has 3 N–H and O–H groups in total. The Morgan fingerprint density at radius 3 is 2.54 bits per heavy atom. The molecule has 3 heterocycles. The Hall–Kier alpha value is -2.30. The van der Waals surface area contributed by atoms with Gasteiger partial charge in [0, 0.05) is 6.20 Å². The summed E-state index contributed by atoms with van der Waals surface area (Å²) in [6, 6.07) is 8.64. The summed E-state index contributed by atoms with van der Waals surface area (Å²) in [5, 5.41) is 20.2. The highest BCUT2D eigenvalue weighted by Crippen LogP contribution is 2.42. The van der Waals surface area contributed by atoms with Gasteiger partial charge in [0.1, 0.15) is 24.4 Å². The van der Waals surface area contributed by atoms with Crippen molar-refractivity contribution in [1.82, 2.24) is 9.55 Å². The molecule has 2 aromatic rings. The molecular weight excluding hydrogens is 368 g/mol. The smallest absolute Gasteiger partial charge is 0.330 e. The van der Waals surface area contributed by atoms with Crippen LogP contribution in [0, 0.1) is 0 Å². The van der Waals surface area contributed by atoms with Crippen LogP contribution < -0.4 is 11.2 Å². The van der Waals surface area contributed by atoms with E-state index in [1.54, 1.807) is 44.2 Å². The van der Waals surface area contributed by atoms with Gasteiger partial charge in [-0.15, -0.1) is 0 Å². The van der Waals surface area contributed by atoms with Crippen molar-refractivity contribution in [3.05, 3.63) is 68.5 Å². The van der Waals surface area contributed by atoms with Crippen LogP contribution in [0.4, 0.5) is 0 Å². The summed E-state index contributed by atoms with van der Waals surface area (Å²) in [7, 11) is 0. The predicted octanol–water partition coefficient (Wildman–Crippen LogP) is 0.0281. The van der Waals surface area contributed by atoms with Crippen LogP contribution >= 0.6 is 0 Å². The molecule has 2 aliphatic heterocycles. The molecule has 2 aliphatic rings. The minimum atomic E-state index is -1.22. The molecule has 1 aromatic heterocycles. The van der Waals surface area contributed by atoms with Crippen molar-refractivity contribution < 1.29 is 24.4 Å². The Kier molecular flexibility index (Phi) is 4.72. The van der Waals surface area contributed by atoms with Gasteiger partial charge in [-0.05, 0) is 19.4 Å². The van der Waals surface area contributed by atoms with Crippen molar-refractivity contribution in [2.45, 2.75) is 50.3 Å². The van der Waals surface area contributed by atoms with Gasteiger partial charge in [-0.3, -0.25) is 14.3 Å². The number of fused-ring (bicyclic) bond motifs is 1. The molecule has 1 aromatic carbocycles. The molecular formula is C19H22N2O7. The Morgan fingerprint density at radius 2 is 1.86 bits per heavy atom. The van der Waals surface area contributed by atoms with Crippen molar-refractivity contribution >= 4 is 0 Å². The number of rotatable bonds is 4. The summed E-state index contributed by atoms with van der Waals surface area (Å²) in [5.74, 6) is -0.900. The molecule has 5 atom stereocenters. The highest BCUT2D eigenvalue weighted by Gasteiger charge is 2.56. The number of nitrogens with zero attached hydrogens (tertiary/aromatic N) is 1. The summed E-state index contributed by atoms with van der Waals surface area (Å²) in [6.45, 7) is 3.16. The van der Waals surface area contributed by atoms with Gasteiger partial charge in [-0.1, -0.05) is 30.3 Å². The number of aromatic nitrogens is 2. The van der Waals surface area contributed by atoms with Crippen LogP contribution in [0.15, 0.2) is 46.1 Å². The number of ether oxygens (including phenoxy) is 3. The Balaban J connectivity index is 1.74. The van der Waals surface area contributed by atoms with E-state index in [4.69, 9.17) is 14.2 Å². The van der Waals surface area contributed by atoms with Crippen LogP contribution in [-0.2, 0) is 14.2 Å². The highest BCUT2D eigenvalue weighted by molar-refractivity contribution is 5.26. The van der Waals surface area contributed by atoms with Crippen molar-refractivity contribution in [2.75, 3.05) is 6.61 Å². The van der Waals surface area contributed by atoms with E-state index in [-0.39, 0.29) is 12.2 Å². The lowest BCUT2D eigenvalue weighted by Crippen LogP contribution is -2.39. The molecule has 2 fully saturated rings. The largest absolute Gasteiger partial charge is 0.394 e. The lowest BCUT2D eigenvalue weighted by molar-refractivity contribution is -0.200. The van der Waals surface area contributed by atoms with E-state index >= 15 is 0 Å². The molecule has 4 rings (SSSR count). The van der Waals surface area contributed by atoms with E-state index in [2.05, 4.69) is 4.98 Å². The van der Waals surface area contributed by atoms with Crippen molar-refractivity contribution in [3.8, 4) is 0 Å².